The molecule has 0 aliphatic carbocycles. The first kappa shape index (κ1) is 16.8. The van der Waals surface area contributed by atoms with Crippen molar-refractivity contribution in [3.63, 3.8) is 0 Å². The van der Waals surface area contributed by atoms with Gasteiger partial charge in [0, 0.05) is 18.3 Å². The lowest BCUT2D eigenvalue weighted by atomic mass is 10.2. The normalized spacial score (nSPS) is 10.7. The lowest BCUT2D eigenvalue weighted by Crippen LogP contribution is -2.24. The van der Waals surface area contributed by atoms with Crippen LogP contribution in [0.5, 0.6) is 0 Å². The number of hydrogen-bond acceptors (Lipinski definition) is 5. The van der Waals surface area contributed by atoms with Gasteiger partial charge in [-0.25, -0.2) is 14.8 Å². The number of aromatic nitrogens is 2. The van der Waals surface area contributed by atoms with Gasteiger partial charge < -0.3 is 15.8 Å². The molecule has 0 spiro atoms. The van der Waals surface area contributed by atoms with Crippen molar-refractivity contribution < 1.29 is 9.53 Å². The Morgan fingerprint density at radius 3 is 2.87 bits per heavy atom. The molecule has 2 aromatic rings. The number of carbonyl (C=O) groups is 1. The smallest absolute Gasteiger partial charge is 0.407 e. The summed E-state index contributed by atoms with van der Waals surface area (Å²) in [6.07, 6.45) is 5.37. The number of nitrogens with zero attached hydrogens (tertiary/aromatic N) is 2. The average molecular weight is 333 g/mol. The van der Waals surface area contributed by atoms with Gasteiger partial charge in [-0.15, -0.1) is 0 Å². The first-order valence-corrected chi connectivity index (χ1v) is 7.42. The number of carbonyl (C=O) groups excluding carboxylic acids is 1. The second-order valence-corrected chi connectivity index (χ2v) is 5.00. The third-order valence-corrected chi connectivity index (χ3v) is 3.09. The van der Waals surface area contributed by atoms with Crippen molar-refractivity contribution in [2.75, 3.05) is 12.3 Å². The number of rotatable bonds is 6. The lowest BCUT2D eigenvalue weighted by molar-refractivity contribution is 0.140. The van der Waals surface area contributed by atoms with Crippen molar-refractivity contribution in [3.05, 3.63) is 59.0 Å². The van der Waals surface area contributed by atoms with Gasteiger partial charge in [-0.3, -0.25) is 0 Å². The van der Waals surface area contributed by atoms with E-state index in [1.807, 2.05) is 36.4 Å². The van der Waals surface area contributed by atoms with Crippen LogP contribution in [0.4, 0.5) is 10.6 Å². The Morgan fingerprint density at radius 1 is 1.35 bits per heavy atom. The van der Waals surface area contributed by atoms with E-state index in [9.17, 15) is 4.79 Å². The highest BCUT2D eigenvalue weighted by atomic mass is 35.5. The molecule has 6 nitrogen and oxygen atoms in total. The largest absolute Gasteiger partial charge is 0.445 e. The van der Waals surface area contributed by atoms with Crippen molar-refractivity contribution in [1.29, 1.82) is 0 Å². The Kier molecular flexibility index (Phi) is 6.38. The summed E-state index contributed by atoms with van der Waals surface area (Å²) in [6.45, 7) is 0.708. The molecule has 0 unspecified atom stereocenters. The van der Waals surface area contributed by atoms with Crippen LogP contribution in [0.2, 0.25) is 5.28 Å². The molecule has 7 heteroatoms. The van der Waals surface area contributed by atoms with Crippen LogP contribution in [-0.4, -0.2) is 22.6 Å². The number of ether oxygens (including phenoxy) is 1. The van der Waals surface area contributed by atoms with Crippen LogP contribution in [-0.2, 0) is 11.3 Å². The summed E-state index contributed by atoms with van der Waals surface area (Å²) >= 11 is 5.62. The molecule has 0 bridgehead atoms. The van der Waals surface area contributed by atoms with E-state index in [0.29, 0.717) is 24.3 Å². The third-order valence-electron chi connectivity index (χ3n) is 2.91. The predicted molar refractivity (Wildman–Crippen MR) is 89.7 cm³/mol. The Bertz CT molecular complexity index is 677. The van der Waals surface area contributed by atoms with Gasteiger partial charge in [-0.05, 0) is 23.6 Å². The maximum atomic E-state index is 11.5. The van der Waals surface area contributed by atoms with Crippen LogP contribution in [0.3, 0.4) is 0 Å². The van der Waals surface area contributed by atoms with E-state index in [1.54, 1.807) is 12.3 Å². The van der Waals surface area contributed by atoms with E-state index in [2.05, 4.69) is 15.3 Å². The molecule has 0 atom stereocenters. The highest BCUT2D eigenvalue weighted by molar-refractivity contribution is 6.28. The average Bonchev–Trinajstić information content (AvgIpc) is 2.55. The van der Waals surface area contributed by atoms with Gasteiger partial charge in [-0.1, -0.05) is 42.5 Å². The highest BCUT2D eigenvalue weighted by Gasteiger charge is 2.01. The Balaban J connectivity index is 1.66. The lowest BCUT2D eigenvalue weighted by Gasteiger charge is -2.06. The topological polar surface area (TPSA) is 90.1 Å². The molecule has 1 amide bonds. The molecular formula is C16H17ClN4O2. The molecule has 1 aromatic heterocycles. The number of alkyl carbamates (subject to hydrolysis) is 1. The highest BCUT2D eigenvalue weighted by Crippen LogP contribution is 2.12. The molecule has 3 N–H and O–H groups in total. The van der Waals surface area contributed by atoms with Crippen molar-refractivity contribution in [2.45, 2.75) is 13.0 Å². The Hall–Kier alpha value is -2.60. The number of nitrogens with one attached hydrogen (secondary N) is 1. The maximum Gasteiger partial charge on any atom is 0.407 e. The van der Waals surface area contributed by atoms with Crippen LogP contribution < -0.4 is 11.1 Å². The minimum absolute atomic E-state index is 0.113. The number of amides is 1. The second-order valence-electron chi connectivity index (χ2n) is 4.66. The summed E-state index contributed by atoms with van der Waals surface area (Å²) in [6, 6.07) is 9.50. The number of halogens is 1. The molecule has 23 heavy (non-hydrogen) atoms. The summed E-state index contributed by atoms with van der Waals surface area (Å²) in [5, 5.41) is 2.78. The van der Waals surface area contributed by atoms with Crippen LogP contribution in [0, 0.1) is 0 Å². The number of nitrogens with two attached hydrogens (primary N) is 1. The van der Waals surface area contributed by atoms with E-state index in [-0.39, 0.29) is 11.9 Å². The SMILES string of the molecule is Nc1nc(Cl)ncc1C=CCCNC(=O)OCc1ccccc1. The monoisotopic (exact) mass is 332 g/mol. The van der Waals surface area contributed by atoms with Crippen LogP contribution in [0.25, 0.3) is 6.08 Å². The third kappa shape index (κ3) is 5.96. The fourth-order valence-electron chi connectivity index (χ4n) is 1.75. The number of hydrogen-bond donors (Lipinski definition) is 2. The van der Waals surface area contributed by atoms with Crippen LogP contribution >= 0.6 is 11.6 Å². The summed E-state index contributed by atoms with van der Waals surface area (Å²) < 4.78 is 5.10. The van der Waals surface area contributed by atoms with E-state index < -0.39 is 6.09 Å². The number of anilines is 1. The van der Waals surface area contributed by atoms with E-state index in [1.165, 1.54) is 0 Å². The van der Waals surface area contributed by atoms with Crippen molar-refractivity contribution >= 4 is 29.6 Å². The van der Waals surface area contributed by atoms with Gasteiger partial charge in [-0.2, -0.15) is 0 Å². The quantitative estimate of drug-likeness (QED) is 0.626. The zero-order valence-electron chi connectivity index (χ0n) is 12.4. The molecule has 0 aliphatic rings. The summed E-state index contributed by atoms with van der Waals surface area (Å²) in [5.41, 5.74) is 7.33. The minimum Gasteiger partial charge on any atom is -0.445 e. The Labute approximate surface area is 139 Å². The standard InChI is InChI=1S/C16H17ClN4O2/c17-15-20-10-13(14(18)21-15)8-4-5-9-19-16(22)23-11-12-6-2-1-3-7-12/h1-4,6-8,10H,5,9,11H2,(H,19,22)(H2,18,20,21). The summed E-state index contributed by atoms with van der Waals surface area (Å²) in [5.74, 6) is 0.316. The van der Waals surface area contributed by atoms with E-state index >= 15 is 0 Å². The molecule has 0 aliphatic heterocycles. The number of benzene rings is 1. The molecule has 2 rings (SSSR count). The van der Waals surface area contributed by atoms with Crippen LogP contribution in [0.1, 0.15) is 17.5 Å². The zero-order valence-corrected chi connectivity index (χ0v) is 13.2. The first-order valence-electron chi connectivity index (χ1n) is 7.04. The van der Waals surface area contributed by atoms with Gasteiger partial charge in [0.25, 0.3) is 0 Å². The summed E-state index contributed by atoms with van der Waals surface area (Å²) in [7, 11) is 0. The molecular weight excluding hydrogens is 316 g/mol. The van der Waals surface area contributed by atoms with Crippen molar-refractivity contribution in [1.82, 2.24) is 15.3 Å². The zero-order chi connectivity index (χ0) is 16.5. The molecule has 0 radical (unpaired) electrons. The minimum atomic E-state index is -0.448. The fraction of sp³-hybridized carbons (Fsp3) is 0.188. The fourth-order valence-corrected chi connectivity index (χ4v) is 1.89. The molecule has 1 aromatic carbocycles. The predicted octanol–water partition coefficient (Wildman–Crippen LogP) is 3.04. The summed E-state index contributed by atoms with van der Waals surface area (Å²) in [4.78, 5) is 19.2. The van der Waals surface area contributed by atoms with Crippen LogP contribution in [0.15, 0.2) is 42.6 Å². The van der Waals surface area contributed by atoms with Gasteiger partial charge >= 0.3 is 6.09 Å². The van der Waals surface area contributed by atoms with Gasteiger partial charge in [0.2, 0.25) is 5.28 Å². The maximum absolute atomic E-state index is 11.5. The van der Waals surface area contributed by atoms with Gasteiger partial charge in [0.05, 0.1) is 0 Å². The van der Waals surface area contributed by atoms with Gasteiger partial charge in [0.1, 0.15) is 12.4 Å². The molecule has 0 saturated heterocycles. The van der Waals surface area contributed by atoms with E-state index in [0.717, 1.165) is 5.56 Å². The molecule has 120 valence electrons. The molecule has 0 fully saturated rings. The van der Waals surface area contributed by atoms with Crippen molar-refractivity contribution in [2.24, 2.45) is 0 Å². The molecule has 1 heterocycles. The van der Waals surface area contributed by atoms with Crippen molar-refractivity contribution in [3.8, 4) is 0 Å². The number of nitrogen functional groups attached to an aromatic ring is 1. The van der Waals surface area contributed by atoms with Gasteiger partial charge in [0.15, 0.2) is 0 Å². The molecule has 0 saturated carbocycles. The Morgan fingerprint density at radius 2 is 2.13 bits per heavy atom. The second kappa shape index (κ2) is 8.75. The van der Waals surface area contributed by atoms with E-state index in [4.69, 9.17) is 22.1 Å². The first-order chi connectivity index (χ1) is 11.1.